The van der Waals surface area contributed by atoms with Crippen LogP contribution in [0.15, 0.2) is 36.4 Å². The van der Waals surface area contributed by atoms with E-state index in [0.29, 0.717) is 11.6 Å². The Morgan fingerprint density at radius 3 is 2.29 bits per heavy atom. The fourth-order valence-corrected chi connectivity index (χ4v) is 3.26. The van der Waals surface area contributed by atoms with Gasteiger partial charge in [0.2, 0.25) is 0 Å². The van der Waals surface area contributed by atoms with E-state index in [-0.39, 0.29) is 5.91 Å². The van der Waals surface area contributed by atoms with Crippen molar-refractivity contribution in [2.75, 3.05) is 10.6 Å². The average molecular weight is 323 g/mol. The average Bonchev–Trinajstić information content (AvgIpc) is 2.57. The minimum Gasteiger partial charge on any atom is -0.382 e. The topological polar surface area (TPSA) is 54.0 Å². The molecule has 1 aliphatic rings. The van der Waals surface area contributed by atoms with Gasteiger partial charge in [0.25, 0.3) is 5.91 Å². The standard InChI is InChI=1S/C20H25N3O/c1-14-8-13-19(15(2)21-14)20(24)23-18-11-9-17(10-12-18)22-16-6-4-3-5-7-16/h8-13,16,22H,3-7H2,1-2H3,(H,23,24). The van der Waals surface area contributed by atoms with Crippen LogP contribution in [-0.4, -0.2) is 16.9 Å². The highest BCUT2D eigenvalue weighted by atomic mass is 16.1. The Morgan fingerprint density at radius 2 is 1.62 bits per heavy atom. The van der Waals surface area contributed by atoms with Gasteiger partial charge in [-0.1, -0.05) is 19.3 Å². The third-order valence-electron chi connectivity index (χ3n) is 4.59. The molecule has 0 saturated heterocycles. The zero-order valence-electron chi connectivity index (χ0n) is 14.4. The molecule has 24 heavy (non-hydrogen) atoms. The second-order valence-electron chi connectivity index (χ2n) is 6.60. The second-order valence-corrected chi connectivity index (χ2v) is 6.60. The van der Waals surface area contributed by atoms with Crippen LogP contribution in [-0.2, 0) is 0 Å². The molecular weight excluding hydrogens is 298 g/mol. The maximum Gasteiger partial charge on any atom is 0.257 e. The quantitative estimate of drug-likeness (QED) is 0.858. The third kappa shape index (κ3) is 4.13. The number of benzene rings is 1. The number of amides is 1. The molecule has 1 aliphatic carbocycles. The summed E-state index contributed by atoms with van der Waals surface area (Å²) in [7, 11) is 0. The highest BCUT2D eigenvalue weighted by molar-refractivity contribution is 6.05. The van der Waals surface area contributed by atoms with Crippen LogP contribution in [0.3, 0.4) is 0 Å². The molecule has 0 atom stereocenters. The summed E-state index contributed by atoms with van der Waals surface area (Å²) in [6.07, 6.45) is 6.48. The van der Waals surface area contributed by atoms with Crippen molar-refractivity contribution in [2.24, 2.45) is 0 Å². The van der Waals surface area contributed by atoms with E-state index >= 15 is 0 Å². The van der Waals surface area contributed by atoms with Crippen molar-refractivity contribution in [1.82, 2.24) is 4.98 Å². The number of aromatic nitrogens is 1. The summed E-state index contributed by atoms with van der Waals surface area (Å²) in [6, 6.07) is 12.2. The fourth-order valence-electron chi connectivity index (χ4n) is 3.26. The molecule has 3 rings (SSSR count). The van der Waals surface area contributed by atoms with Gasteiger partial charge in [-0.2, -0.15) is 0 Å². The normalized spacial score (nSPS) is 15.1. The molecule has 1 aromatic heterocycles. The number of nitrogens with one attached hydrogen (secondary N) is 2. The molecule has 1 aromatic carbocycles. The Kier molecular flexibility index (Phi) is 5.14. The van der Waals surface area contributed by atoms with Crippen LogP contribution >= 0.6 is 0 Å². The summed E-state index contributed by atoms with van der Waals surface area (Å²) in [5, 5.41) is 6.53. The van der Waals surface area contributed by atoms with Crippen molar-refractivity contribution in [3.63, 3.8) is 0 Å². The van der Waals surface area contributed by atoms with E-state index in [2.05, 4.69) is 15.6 Å². The second kappa shape index (κ2) is 7.47. The number of pyridine rings is 1. The Balaban J connectivity index is 1.62. The molecule has 0 bridgehead atoms. The number of aryl methyl sites for hydroxylation is 2. The minimum absolute atomic E-state index is 0.118. The van der Waals surface area contributed by atoms with Crippen LogP contribution in [0.2, 0.25) is 0 Å². The molecule has 0 unspecified atom stereocenters. The van der Waals surface area contributed by atoms with E-state index in [9.17, 15) is 4.79 Å². The molecule has 0 aliphatic heterocycles. The first-order chi connectivity index (χ1) is 11.6. The number of carbonyl (C=O) groups excluding carboxylic acids is 1. The van der Waals surface area contributed by atoms with E-state index in [4.69, 9.17) is 0 Å². The zero-order valence-corrected chi connectivity index (χ0v) is 14.4. The summed E-state index contributed by atoms with van der Waals surface area (Å²) in [4.78, 5) is 16.7. The highest BCUT2D eigenvalue weighted by Crippen LogP contribution is 2.22. The lowest BCUT2D eigenvalue weighted by Crippen LogP contribution is -2.22. The first kappa shape index (κ1) is 16.5. The minimum atomic E-state index is -0.118. The van der Waals surface area contributed by atoms with Crippen LogP contribution in [0.5, 0.6) is 0 Å². The van der Waals surface area contributed by atoms with E-state index in [1.54, 1.807) is 0 Å². The first-order valence-corrected chi connectivity index (χ1v) is 8.74. The van der Waals surface area contributed by atoms with Crippen LogP contribution < -0.4 is 10.6 Å². The maximum absolute atomic E-state index is 12.4. The van der Waals surface area contributed by atoms with Gasteiger partial charge in [0, 0.05) is 23.1 Å². The largest absolute Gasteiger partial charge is 0.382 e. The van der Waals surface area contributed by atoms with Gasteiger partial charge in [-0.15, -0.1) is 0 Å². The van der Waals surface area contributed by atoms with Crippen molar-refractivity contribution < 1.29 is 4.79 Å². The van der Waals surface area contributed by atoms with Crippen LogP contribution in [0, 0.1) is 13.8 Å². The van der Waals surface area contributed by atoms with E-state index in [0.717, 1.165) is 22.8 Å². The summed E-state index contributed by atoms with van der Waals surface area (Å²) in [6.45, 7) is 3.78. The lowest BCUT2D eigenvalue weighted by Gasteiger charge is -2.23. The summed E-state index contributed by atoms with van der Waals surface area (Å²) in [5.41, 5.74) is 4.21. The van der Waals surface area contributed by atoms with Gasteiger partial charge in [-0.3, -0.25) is 9.78 Å². The molecule has 2 aromatic rings. The lowest BCUT2D eigenvalue weighted by molar-refractivity contribution is 0.102. The van der Waals surface area contributed by atoms with Gasteiger partial charge >= 0.3 is 0 Å². The van der Waals surface area contributed by atoms with Crippen molar-refractivity contribution in [1.29, 1.82) is 0 Å². The smallest absolute Gasteiger partial charge is 0.257 e. The van der Waals surface area contributed by atoms with Gasteiger partial charge in [-0.05, 0) is 63.1 Å². The number of nitrogens with zero attached hydrogens (tertiary/aromatic N) is 1. The SMILES string of the molecule is Cc1ccc(C(=O)Nc2ccc(NC3CCCCC3)cc2)c(C)n1. The molecule has 1 fully saturated rings. The van der Waals surface area contributed by atoms with Crippen LogP contribution in [0.1, 0.15) is 53.8 Å². The van der Waals surface area contributed by atoms with Crippen molar-refractivity contribution in [2.45, 2.75) is 52.0 Å². The predicted octanol–water partition coefficient (Wildman–Crippen LogP) is 4.70. The highest BCUT2D eigenvalue weighted by Gasteiger charge is 2.13. The van der Waals surface area contributed by atoms with E-state index in [1.165, 1.54) is 32.1 Å². The van der Waals surface area contributed by atoms with Crippen molar-refractivity contribution >= 4 is 17.3 Å². The van der Waals surface area contributed by atoms with Gasteiger partial charge in [0.05, 0.1) is 11.3 Å². The zero-order chi connectivity index (χ0) is 16.9. The fraction of sp³-hybridized carbons (Fsp3) is 0.400. The van der Waals surface area contributed by atoms with Crippen LogP contribution in [0.4, 0.5) is 11.4 Å². The van der Waals surface area contributed by atoms with Gasteiger partial charge in [0.1, 0.15) is 0 Å². The third-order valence-corrected chi connectivity index (χ3v) is 4.59. The summed E-state index contributed by atoms with van der Waals surface area (Å²) >= 11 is 0. The molecule has 126 valence electrons. The van der Waals surface area contributed by atoms with Crippen molar-refractivity contribution in [3.05, 3.63) is 53.3 Å². The Labute approximate surface area is 143 Å². The number of rotatable bonds is 4. The van der Waals surface area contributed by atoms with E-state index < -0.39 is 0 Å². The molecule has 1 heterocycles. The number of hydrogen-bond acceptors (Lipinski definition) is 3. The Morgan fingerprint density at radius 1 is 0.958 bits per heavy atom. The summed E-state index contributed by atoms with van der Waals surface area (Å²) in [5.74, 6) is -0.118. The molecule has 2 N–H and O–H groups in total. The molecule has 4 heteroatoms. The first-order valence-electron chi connectivity index (χ1n) is 8.74. The van der Waals surface area contributed by atoms with Gasteiger partial charge in [0.15, 0.2) is 0 Å². The lowest BCUT2D eigenvalue weighted by atomic mass is 9.95. The Bertz CT molecular complexity index is 703. The number of carbonyl (C=O) groups is 1. The molecule has 0 spiro atoms. The molecule has 0 radical (unpaired) electrons. The Hall–Kier alpha value is -2.36. The van der Waals surface area contributed by atoms with Gasteiger partial charge in [-0.25, -0.2) is 0 Å². The monoisotopic (exact) mass is 323 g/mol. The van der Waals surface area contributed by atoms with Crippen LogP contribution in [0.25, 0.3) is 0 Å². The molecule has 1 amide bonds. The number of hydrogen-bond donors (Lipinski definition) is 2. The maximum atomic E-state index is 12.4. The summed E-state index contributed by atoms with van der Waals surface area (Å²) < 4.78 is 0. The predicted molar refractivity (Wildman–Crippen MR) is 98.6 cm³/mol. The van der Waals surface area contributed by atoms with E-state index in [1.807, 2.05) is 50.2 Å². The molecule has 1 saturated carbocycles. The molecular formula is C20H25N3O. The van der Waals surface area contributed by atoms with Gasteiger partial charge < -0.3 is 10.6 Å². The molecule has 4 nitrogen and oxygen atoms in total. The van der Waals surface area contributed by atoms with Crippen molar-refractivity contribution in [3.8, 4) is 0 Å². The number of anilines is 2.